The summed E-state index contributed by atoms with van der Waals surface area (Å²) in [6, 6.07) is 11.9. The Morgan fingerprint density at radius 1 is 1.09 bits per heavy atom. The van der Waals surface area contributed by atoms with Crippen molar-refractivity contribution in [3.63, 3.8) is 0 Å². The van der Waals surface area contributed by atoms with Gasteiger partial charge in [0.25, 0.3) is 0 Å². The topological polar surface area (TPSA) is 65.5 Å². The number of nitrogens with zero attached hydrogens (tertiary/aromatic N) is 1. The number of amides is 1. The van der Waals surface area contributed by atoms with Gasteiger partial charge in [-0.2, -0.15) is 0 Å². The molecule has 1 aliphatic carbocycles. The van der Waals surface area contributed by atoms with E-state index in [0.717, 1.165) is 36.9 Å². The van der Waals surface area contributed by atoms with Crippen LogP contribution < -0.4 is 16.0 Å². The molecule has 0 spiro atoms. The number of halogens is 3. The molecule has 1 atom stereocenters. The van der Waals surface area contributed by atoms with Gasteiger partial charge >= 0.3 is 0 Å². The second-order valence-corrected chi connectivity index (χ2v) is 8.43. The average Bonchev–Trinajstić information content (AvgIpc) is 3.23. The first-order valence-corrected chi connectivity index (χ1v) is 10.8. The summed E-state index contributed by atoms with van der Waals surface area (Å²) in [6.07, 6.45) is 3.73. The molecule has 1 fully saturated rings. The minimum Gasteiger partial charge on any atom is -0.356 e. The summed E-state index contributed by atoms with van der Waals surface area (Å²) in [7, 11) is 1.67. The molecular formula is C24H29F2IN4O. The fraction of sp³-hybridized carbons (Fsp3) is 0.417. The zero-order valence-electron chi connectivity index (χ0n) is 18.1. The van der Waals surface area contributed by atoms with E-state index in [-0.39, 0.29) is 41.4 Å². The van der Waals surface area contributed by atoms with Gasteiger partial charge in [0, 0.05) is 49.1 Å². The second-order valence-electron chi connectivity index (χ2n) is 8.43. The lowest BCUT2D eigenvalue weighted by atomic mass is 9.78. The Morgan fingerprint density at radius 3 is 2.47 bits per heavy atom. The Balaban J connectivity index is 0.00000289. The van der Waals surface area contributed by atoms with Crippen LogP contribution in [0.2, 0.25) is 0 Å². The molecule has 4 rings (SSSR count). The van der Waals surface area contributed by atoms with Crippen LogP contribution in [0.1, 0.15) is 49.1 Å². The number of rotatable bonds is 5. The van der Waals surface area contributed by atoms with Crippen LogP contribution in [0.5, 0.6) is 0 Å². The molecule has 1 heterocycles. The van der Waals surface area contributed by atoms with Gasteiger partial charge in [-0.1, -0.05) is 37.1 Å². The van der Waals surface area contributed by atoms with Crippen LogP contribution in [-0.2, 0) is 10.2 Å². The van der Waals surface area contributed by atoms with Gasteiger partial charge in [0.15, 0.2) is 5.96 Å². The van der Waals surface area contributed by atoms with Crippen LogP contribution >= 0.6 is 24.0 Å². The molecule has 1 unspecified atom stereocenters. The minimum atomic E-state index is -0.593. The largest absolute Gasteiger partial charge is 0.356 e. The maximum Gasteiger partial charge on any atom is 0.225 e. The number of benzene rings is 2. The quantitative estimate of drug-likeness (QED) is 0.286. The third-order valence-corrected chi connectivity index (χ3v) is 6.49. The first-order valence-electron chi connectivity index (χ1n) is 10.8. The van der Waals surface area contributed by atoms with E-state index < -0.39 is 17.0 Å². The number of aliphatic imine (C=N–C) groups is 1. The van der Waals surface area contributed by atoms with E-state index in [0.29, 0.717) is 25.5 Å². The van der Waals surface area contributed by atoms with E-state index in [1.54, 1.807) is 7.05 Å². The smallest absolute Gasteiger partial charge is 0.225 e. The predicted octanol–water partition coefficient (Wildman–Crippen LogP) is 4.69. The van der Waals surface area contributed by atoms with Gasteiger partial charge in [-0.25, -0.2) is 8.78 Å². The van der Waals surface area contributed by atoms with E-state index in [2.05, 4.69) is 20.9 Å². The van der Waals surface area contributed by atoms with Crippen molar-refractivity contribution in [1.82, 2.24) is 10.6 Å². The van der Waals surface area contributed by atoms with Gasteiger partial charge < -0.3 is 16.0 Å². The highest BCUT2D eigenvalue weighted by molar-refractivity contribution is 14.0. The number of anilines is 1. The Labute approximate surface area is 204 Å². The molecule has 1 saturated carbocycles. The molecule has 8 heteroatoms. The maximum absolute atomic E-state index is 14.6. The zero-order valence-corrected chi connectivity index (χ0v) is 20.4. The number of guanidine groups is 1. The third-order valence-electron chi connectivity index (χ3n) is 6.49. The van der Waals surface area contributed by atoms with E-state index in [1.807, 2.05) is 24.3 Å². The molecule has 0 radical (unpaired) electrons. The fourth-order valence-corrected chi connectivity index (χ4v) is 4.95. The van der Waals surface area contributed by atoms with Crippen LogP contribution in [0.4, 0.5) is 14.5 Å². The van der Waals surface area contributed by atoms with Crippen LogP contribution in [0, 0.1) is 11.6 Å². The molecular weight excluding hydrogens is 525 g/mol. The third kappa shape index (κ3) is 5.05. The Kier molecular flexibility index (Phi) is 8.08. The second kappa shape index (κ2) is 10.6. The first-order chi connectivity index (χ1) is 15.0. The standard InChI is InChI=1S/C24H28F2N4O.HI/c1-27-23(28-14-16-13-21(31)30-20-10-3-2-7-17(16)20)29-15-24(11-4-5-12-24)22-18(25)8-6-9-19(22)26;/h2-3,6-10,16H,4-5,11-15H2,1H3,(H,30,31)(H2,27,28,29);1H. The van der Waals surface area contributed by atoms with Crippen molar-refractivity contribution in [2.75, 3.05) is 25.5 Å². The lowest BCUT2D eigenvalue weighted by Crippen LogP contribution is -2.46. The summed E-state index contributed by atoms with van der Waals surface area (Å²) in [4.78, 5) is 16.3. The van der Waals surface area contributed by atoms with Crippen molar-refractivity contribution < 1.29 is 13.6 Å². The van der Waals surface area contributed by atoms with Crippen LogP contribution in [0.25, 0.3) is 0 Å². The molecule has 3 N–H and O–H groups in total. The van der Waals surface area contributed by atoms with Crippen molar-refractivity contribution in [1.29, 1.82) is 0 Å². The normalized spacial score (nSPS) is 19.5. The number of hydrogen-bond donors (Lipinski definition) is 3. The van der Waals surface area contributed by atoms with Crippen molar-refractivity contribution in [3.8, 4) is 0 Å². The van der Waals surface area contributed by atoms with Gasteiger partial charge in [-0.3, -0.25) is 9.79 Å². The summed E-state index contributed by atoms with van der Waals surface area (Å²) in [5.74, 6) is -0.402. The SMILES string of the molecule is CN=C(NCC1CC(=O)Nc2ccccc21)NCC1(c2c(F)cccc2F)CCCC1.I. The van der Waals surface area contributed by atoms with Crippen LogP contribution in [0.15, 0.2) is 47.5 Å². The van der Waals surface area contributed by atoms with Gasteiger partial charge in [-0.15, -0.1) is 24.0 Å². The van der Waals surface area contributed by atoms with Crippen molar-refractivity contribution in [2.24, 2.45) is 4.99 Å². The monoisotopic (exact) mass is 554 g/mol. The molecule has 1 amide bonds. The molecule has 2 aromatic rings. The number of nitrogens with one attached hydrogen (secondary N) is 3. The molecule has 172 valence electrons. The molecule has 0 saturated heterocycles. The van der Waals surface area contributed by atoms with Gasteiger partial charge in [0.2, 0.25) is 5.91 Å². The molecule has 5 nitrogen and oxygen atoms in total. The highest BCUT2D eigenvalue weighted by atomic mass is 127. The molecule has 0 bridgehead atoms. The number of carbonyl (C=O) groups excluding carboxylic acids is 1. The van der Waals surface area contributed by atoms with Crippen molar-refractivity contribution >= 4 is 41.5 Å². The fourth-order valence-electron chi connectivity index (χ4n) is 4.95. The van der Waals surface area contributed by atoms with E-state index in [4.69, 9.17) is 0 Å². The summed E-state index contributed by atoms with van der Waals surface area (Å²) in [5.41, 5.74) is 1.51. The molecule has 2 aromatic carbocycles. The average molecular weight is 554 g/mol. The highest BCUT2D eigenvalue weighted by Gasteiger charge is 2.40. The highest BCUT2D eigenvalue weighted by Crippen LogP contribution is 2.42. The van der Waals surface area contributed by atoms with Gasteiger partial charge in [0.05, 0.1) is 0 Å². The zero-order chi connectivity index (χ0) is 21.8. The number of fused-ring (bicyclic) bond motifs is 1. The van der Waals surface area contributed by atoms with Crippen LogP contribution in [-0.4, -0.2) is 32.0 Å². The van der Waals surface area contributed by atoms with Crippen molar-refractivity contribution in [3.05, 3.63) is 65.2 Å². The minimum absolute atomic E-state index is 0. The molecule has 1 aliphatic heterocycles. The summed E-state index contributed by atoms with van der Waals surface area (Å²) in [5, 5.41) is 9.48. The predicted molar refractivity (Wildman–Crippen MR) is 134 cm³/mol. The lowest BCUT2D eigenvalue weighted by molar-refractivity contribution is -0.116. The Hall–Kier alpha value is -2.23. The summed E-state index contributed by atoms with van der Waals surface area (Å²) < 4.78 is 29.1. The molecule has 0 aromatic heterocycles. The van der Waals surface area contributed by atoms with E-state index >= 15 is 0 Å². The van der Waals surface area contributed by atoms with Gasteiger partial charge in [0.1, 0.15) is 11.6 Å². The maximum atomic E-state index is 14.6. The number of hydrogen-bond acceptors (Lipinski definition) is 2. The molecule has 32 heavy (non-hydrogen) atoms. The van der Waals surface area contributed by atoms with E-state index in [1.165, 1.54) is 18.2 Å². The summed E-state index contributed by atoms with van der Waals surface area (Å²) in [6.45, 7) is 0.928. The van der Waals surface area contributed by atoms with Crippen molar-refractivity contribution in [2.45, 2.75) is 43.4 Å². The first kappa shape index (κ1) is 24.4. The van der Waals surface area contributed by atoms with Gasteiger partial charge in [-0.05, 0) is 36.6 Å². The molecule has 2 aliphatic rings. The van der Waals surface area contributed by atoms with Crippen LogP contribution in [0.3, 0.4) is 0 Å². The number of para-hydroxylation sites is 1. The Morgan fingerprint density at radius 2 is 1.78 bits per heavy atom. The number of carbonyl (C=O) groups is 1. The van der Waals surface area contributed by atoms with E-state index in [9.17, 15) is 13.6 Å². The summed E-state index contributed by atoms with van der Waals surface area (Å²) >= 11 is 0. The lowest BCUT2D eigenvalue weighted by Gasteiger charge is -2.32. The Bertz CT molecular complexity index is 971.